The summed E-state index contributed by atoms with van der Waals surface area (Å²) in [5.41, 5.74) is 4.25. The second kappa shape index (κ2) is 7.12. The molecule has 1 aliphatic heterocycles. The molecule has 2 nitrogen and oxygen atoms in total. The first-order valence-electron chi connectivity index (χ1n) is 8.93. The lowest BCUT2D eigenvalue weighted by Gasteiger charge is -2.34. The van der Waals surface area contributed by atoms with Gasteiger partial charge in [-0.3, -0.25) is 4.90 Å². The Bertz CT molecular complexity index is 843. The van der Waals surface area contributed by atoms with E-state index >= 15 is 0 Å². The van der Waals surface area contributed by atoms with Gasteiger partial charge in [0.25, 0.3) is 0 Å². The van der Waals surface area contributed by atoms with E-state index in [-0.39, 0.29) is 0 Å². The zero-order valence-electron chi connectivity index (χ0n) is 14.6. The van der Waals surface area contributed by atoms with Gasteiger partial charge in [-0.1, -0.05) is 54.6 Å². The first-order valence-corrected chi connectivity index (χ1v) is 8.93. The number of hydrogen-bond donors (Lipinski definition) is 0. The van der Waals surface area contributed by atoms with E-state index in [9.17, 15) is 0 Å². The van der Waals surface area contributed by atoms with Gasteiger partial charge in [0.2, 0.25) is 0 Å². The highest BCUT2D eigenvalue weighted by Gasteiger charge is 2.21. The zero-order valence-corrected chi connectivity index (χ0v) is 14.6. The van der Waals surface area contributed by atoms with Gasteiger partial charge in [0.15, 0.2) is 0 Å². The Morgan fingerprint density at radius 1 is 0.800 bits per heavy atom. The van der Waals surface area contributed by atoms with Crippen molar-refractivity contribution in [2.75, 3.05) is 6.54 Å². The highest BCUT2D eigenvalue weighted by atomic mass is 16.5. The summed E-state index contributed by atoms with van der Waals surface area (Å²) in [5.74, 6) is 1.77. The van der Waals surface area contributed by atoms with Gasteiger partial charge in [0.05, 0.1) is 0 Å². The fraction of sp³-hybridized carbons (Fsp3) is 0.217. The number of rotatable bonds is 4. The van der Waals surface area contributed by atoms with Crippen LogP contribution in [-0.2, 0) is 13.0 Å². The highest BCUT2D eigenvalue weighted by Crippen LogP contribution is 2.30. The van der Waals surface area contributed by atoms with Crippen LogP contribution in [0.5, 0.6) is 11.5 Å². The summed E-state index contributed by atoms with van der Waals surface area (Å²) in [4.78, 5) is 2.55. The molecule has 0 radical (unpaired) electrons. The largest absolute Gasteiger partial charge is 0.457 e. The molecular formula is C23H23NO. The van der Waals surface area contributed by atoms with Crippen LogP contribution in [0.1, 0.15) is 29.7 Å². The number of ether oxygens (including phenoxy) is 1. The lowest BCUT2D eigenvalue weighted by Crippen LogP contribution is -2.32. The molecule has 0 fully saturated rings. The SMILES string of the molecule is CC(c1cccc(Oc2ccccc2)c1)N1CCc2ccccc2C1. The Hall–Kier alpha value is -2.58. The molecule has 4 rings (SSSR count). The van der Waals surface area contributed by atoms with Crippen LogP contribution >= 0.6 is 0 Å². The zero-order chi connectivity index (χ0) is 17.1. The Morgan fingerprint density at radius 3 is 2.36 bits per heavy atom. The van der Waals surface area contributed by atoms with E-state index < -0.39 is 0 Å². The van der Waals surface area contributed by atoms with Crippen LogP contribution in [0.25, 0.3) is 0 Å². The maximum Gasteiger partial charge on any atom is 0.127 e. The molecule has 0 N–H and O–H groups in total. The summed E-state index contributed by atoms with van der Waals surface area (Å²) in [6.45, 7) is 4.40. The van der Waals surface area contributed by atoms with Crippen LogP contribution in [0.3, 0.4) is 0 Å². The average Bonchev–Trinajstić information content (AvgIpc) is 2.68. The number of hydrogen-bond acceptors (Lipinski definition) is 2. The summed E-state index contributed by atoms with van der Waals surface area (Å²) in [6.07, 6.45) is 1.13. The summed E-state index contributed by atoms with van der Waals surface area (Å²) in [7, 11) is 0. The van der Waals surface area contributed by atoms with Crippen molar-refractivity contribution >= 4 is 0 Å². The van der Waals surface area contributed by atoms with Crippen molar-refractivity contribution in [1.29, 1.82) is 0 Å². The van der Waals surface area contributed by atoms with E-state index in [4.69, 9.17) is 4.74 Å². The van der Waals surface area contributed by atoms with E-state index in [0.29, 0.717) is 6.04 Å². The van der Waals surface area contributed by atoms with E-state index in [2.05, 4.69) is 54.3 Å². The van der Waals surface area contributed by atoms with Crippen LogP contribution < -0.4 is 4.74 Å². The number of fused-ring (bicyclic) bond motifs is 1. The van der Waals surface area contributed by atoms with Crippen LogP contribution in [0.4, 0.5) is 0 Å². The molecule has 0 spiro atoms. The van der Waals surface area contributed by atoms with Crippen molar-refractivity contribution in [1.82, 2.24) is 4.90 Å². The fourth-order valence-corrected chi connectivity index (χ4v) is 3.52. The van der Waals surface area contributed by atoms with Crippen molar-refractivity contribution in [3.05, 3.63) is 95.6 Å². The predicted octanol–water partition coefficient (Wildman–Crippen LogP) is 5.60. The normalized spacial score (nSPS) is 15.4. The van der Waals surface area contributed by atoms with E-state index in [1.165, 1.54) is 16.7 Å². The van der Waals surface area contributed by atoms with Gasteiger partial charge in [-0.15, -0.1) is 0 Å². The van der Waals surface area contributed by atoms with Gasteiger partial charge in [0, 0.05) is 19.1 Å². The van der Waals surface area contributed by atoms with Gasteiger partial charge >= 0.3 is 0 Å². The number of benzene rings is 3. The van der Waals surface area contributed by atoms with Crippen LogP contribution in [-0.4, -0.2) is 11.4 Å². The fourth-order valence-electron chi connectivity index (χ4n) is 3.52. The van der Waals surface area contributed by atoms with Crippen LogP contribution in [0.15, 0.2) is 78.9 Å². The quantitative estimate of drug-likeness (QED) is 0.618. The third kappa shape index (κ3) is 3.59. The molecule has 126 valence electrons. The van der Waals surface area contributed by atoms with E-state index in [0.717, 1.165) is 31.0 Å². The maximum atomic E-state index is 5.99. The smallest absolute Gasteiger partial charge is 0.127 e. The third-order valence-corrected chi connectivity index (χ3v) is 5.03. The number of nitrogens with zero attached hydrogens (tertiary/aromatic N) is 1. The molecule has 25 heavy (non-hydrogen) atoms. The Balaban J connectivity index is 1.51. The molecule has 1 heterocycles. The summed E-state index contributed by atoms with van der Waals surface area (Å²) >= 11 is 0. The lowest BCUT2D eigenvalue weighted by molar-refractivity contribution is 0.192. The minimum absolute atomic E-state index is 0.368. The van der Waals surface area contributed by atoms with Gasteiger partial charge < -0.3 is 4.74 Å². The molecule has 0 saturated carbocycles. The third-order valence-electron chi connectivity index (χ3n) is 5.03. The van der Waals surface area contributed by atoms with Crippen molar-refractivity contribution < 1.29 is 4.74 Å². The second-order valence-corrected chi connectivity index (χ2v) is 6.65. The van der Waals surface area contributed by atoms with Gasteiger partial charge in [-0.2, -0.15) is 0 Å². The first-order chi connectivity index (χ1) is 12.3. The molecular weight excluding hydrogens is 306 g/mol. The summed E-state index contributed by atoms with van der Waals surface area (Å²) < 4.78 is 5.99. The van der Waals surface area contributed by atoms with Crippen molar-refractivity contribution in [2.24, 2.45) is 0 Å². The summed E-state index contributed by atoms with van der Waals surface area (Å²) in [6, 6.07) is 27.6. The second-order valence-electron chi connectivity index (χ2n) is 6.65. The Labute approximate surface area is 149 Å². The first kappa shape index (κ1) is 15.9. The minimum atomic E-state index is 0.368. The lowest BCUT2D eigenvalue weighted by atomic mass is 9.97. The van der Waals surface area contributed by atoms with Gasteiger partial charge in [0.1, 0.15) is 11.5 Å². The molecule has 0 aliphatic carbocycles. The van der Waals surface area contributed by atoms with Crippen molar-refractivity contribution in [3.8, 4) is 11.5 Å². The Kier molecular flexibility index (Phi) is 4.53. The molecule has 0 bridgehead atoms. The van der Waals surface area contributed by atoms with Gasteiger partial charge in [-0.05, 0) is 54.3 Å². The molecule has 1 aliphatic rings. The number of para-hydroxylation sites is 1. The topological polar surface area (TPSA) is 12.5 Å². The molecule has 3 aromatic rings. The molecule has 0 amide bonds. The standard InChI is InChI=1S/C23H23NO/c1-18(24-15-14-19-8-5-6-9-21(19)17-24)20-10-7-13-23(16-20)25-22-11-3-2-4-12-22/h2-13,16,18H,14-15,17H2,1H3. The van der Waals surface area contributed by atoms with Crippen LogP contribution in [0.2, 0.25) is 0 Å². The molecule has 0 aromatic heterocycles. The van der Waals surface area contributed by atoms with Crippen molar-refractivity contribution in [3.63, 3.8) is 0 Å². The molecule has 1 atom stereocenters. The summed E-state index contributed by atoms with van der Waals surface area (Å²) in [5, 5.41) is 0. The molecule has 3 aromatic carbocycles. The van der Waals surface area contributed by atoms with E-state index in [1.807, 2.05) is 36.4 Å². The maximum absolute atomic E-state index is 5.99. The monoisotopic (exact) mass is 329 g/mol. The predicted molar refractivity (Wildman–Crippen MR) is 102 cm³/mol. The van der Waals surface area contributed by atoms with E-state index in [1.54, 1.807) is 0 Å². The highest BCUT2D eigenvalue weighted by molar-refractivity contribution is 5.35. The molecule has 2 heteroatoms. The Morgan fingerprint density at radius 2 is 1.52 bits per heavy atom. The van der Waals surface area contributed by atoms with Gasteiger partial charge in [-0.25, -0.2) is 0 Å². The minimum Gasteiger partial charge on any atom is -0.457 e. The molecule has 1 unspecified atom stereocenters. The molecule has 0 saturated heterocycles. The average molecular weight is 329 g/mol. The van der Waals surface area contributed by atoms with Crippen molar-refractivity contribution in [2.45, 2.75) is 25.9 Å². The van der Waals surface area contributed by atoms with Crippen LogP contribution in [0, 0.1) is 0 Å².